The van der Waals surface area contributed by atoms with Gasteiger partial charge in [0.2, 0.25) is 5.60 Å². The zero-order valence-electron chi connectivity index (χ0n) is 15.6. The smallest absolute Gasteiger partial charge is 0.353 e. The van der Waals surface area contributed by atoms with Crippen LogP contribution >= 0.6 is 11.6 Å². The van der Waals surface area contributed by atoms with Crippen molar-refractivity contribution in [1.82, 2.24) is 19.6 Å². The van der Waals surface area contributed by atoms with E-state index in [0.29, 0.717) is 27.8 Å². The first-order valence-corrected chi connectivity index (χ1v) is 9.52. The predicted molar refractivity (Wildman–Crippen MR) is 99.3 cm³/mol. The number of hydrogen-bond donors (Lipinski definition) is 0. The molecule has 10 heteroatoms. The summed E-state index contributed by atoms with van der Waals surface area (Å²) in [6, 6.07) is 2.11. The van der Waals surface area contributed by atoms with Crippen molar-refractivity contribution in [3.8, 4) is 11.9 Å². The molecule has 4 rings (SSSR count). The average molecular weight is 403 g/mol. The Morgan fingerprint density at radius 1 is 1.50 bits per heavy atom. The summed E-state index contributed by atoms with van der Waals surface area (Å²) in [4.78, 5) is 17.6. The summed E-state index contributed by atoms with van der Waals surface area (Å²) in [6.07, 6.45) is 4.53. The maximum absolute atomic E-state index is 12.2. The highest BCUT2D eigenvalue weighted by molar-refractivity contribution is 6.33. The fourth-order valence-electron chi connectivity index (χ4n) is 3.50. The third kappa shape index (κ3) is 2.85. The number of ether oxygens (including phenoxy) is 1. The molecule has 28 heavy (non-hydrogen) atoms. The Bertz CT molecular complexity index is 1020. The van der Waals surface area contributed by atoms with Crippen LogP contribution < -0.4 is 0 Å². The summed E-state index contributed by atoms with van der Waals surface area (Å²) in [5, 5.41) is 23.0. The lowest BCUT2D eigenvalue weighted by Gasteiger charge is -2.18. The van der Waals surface area contributed by atoms with Gasteiger partial charge in [0.1, 0.15) is 22.5 Å². The van der Waals surface area contributed by atoms with Crippen LogP contribution in [0.2, 0.25) is 5.02 Å². The number of halogens is 1. The molecule has 146 valence electrons. The summed E-state index contributed by atoms with van der Waals surface area (Å²) in [5.41, 5.74) is 0.866. The number of nitriles is 1. The lowest BCUT2D eigenvalue weighted by molar-refractivity contribution is -0.166. The van der Waals surface area contributed by atoms with E-state index < -0.39 is 11.6 Å². The Morgan fingerprint density at radius 3 is 3.04 bits per heavy atom. The zero-order valence-corrected chi connectivity index (χ0v) is 16.4. The van der Waals surface area contributed by atoms with Gasteiger partial charge in [-0.25, -0.2) is 9.48 Å². The second kappa shape index (κ2) is 6.95. The molecule has 2 aromatic heterocycles. The van der Waals surface area contributed by atoms with E-state index >= 15 is 0 Å². The predicted octanol–water partition coefficient (Wildman–Crippen LogP) is 2.38. The van der Waals surface area contributed by atoms with Crippen LogP contribution in [-0.2, 0) is 27.3 Å². The molecule has 9 nitrogen and oxygen atoms in total. The molecule has 1 atom stereocenters. The highest BCUT2D eigenvalue weighted by atomic mass is 35.5. The molecule has 2 aliphatic heterocycles. The molecule has 0 fully saturated rings. The number of carbonyl (C=O) groups excluding carboxylic acids is 1. The molecular weight excluding hydrogens is 384 g/mol. The number of rotatable bonds is 4. The molecule has 2 aliphatic rings. The Balaban J connectivity index is 1.74. The van der Waals surface area contributed by atoms with Crippen molar-refractivity contribution >= 4 is 23.3 Å². The van der Waals surface area contributed by atoms with Gasteiger partial charge in [0.15, 0.2) is 5.82 Å². The Labute approximate surface area is 166 Å². The first-order valence-electron chi connectivity index (χ1n) is 9.15. The van der Waals surface area contributed by atoms with Gasteiger partial charge in [-0.3, -0.25) is 4.68 Å². The quantitative estimate of drug-likeness (QED) is 0.726. The van der Waals surface area contributed by atoms with Crippen molar-refractivity contribution in [2.75, 3.05) is 6.61 Å². The molecule has 0 radical (unpaired) electrons. The highest BCUT2D eigenvalue weighted by Gasteiger charge is 2.45. The van der Waals surface area contributed by atoms with Crippen molar-refractivity contribution in [3.05, 3.63) is 28.2 Å². The third-order valence-electron chi connectivity index (χ3n) is 4.94. The lowest BCUT2D eigenvalue weighted by Crippen LogP contribution is -2.37. The molecular formula is C18H19ClN6O3. The number of carbonyl (C=O) groups is 1. The maximum Gasteiger partial charge on any atom is 0.353 e. The summed E-state index contributed by atoms with van der Waals surface area (Å²) >= 11 is 6.58. The van der Waals surface area contributed by atoms with Crippen molar-refractivity contribution < 1.29 is 14.4 Å². The van der Waals surface area contributed by atoms with Crippen LogP contribution in [0.25, 0.3) is 5.82 Å². The first-order chi connectivity index (χ1) is 13.5. The zero-order chi connectivity index (χ0) is 19.9. The first kappa shape index (κ1) is 18.5. The number of nitrogens with zero attached hydrogens (tertiary/aromatic N) is 6. The summed E-state index contributed by atoms with van der Waals surface area (Å²) in [5.74, 6) is -0.0590. The van der Waals surface area contributed by atoms with Crippen LogP contribution in [0.15, 0.2) is 11.4 Å². The Hall–Kier alpha value is -2.86. The van der Waals surface area contributed by atoms with Crippen LogP contribution in [0.5, 0.6) is 0 Å². The molecule has 0 N–H and O–H groups in total. The van der Waals surface area contributed by atoms with Crippen LogP contribution in [0, 0.1) is 11.3 Å². The standard InChI is InChI=1S/C18H19ClN6O3/c1-3-27-17(26)18(2)8-12(23-28-18)15-11(9-20)10-21-25(15)16-14(19)13-6-4-5-7-24(13)22-16/h10H,3-8H2,1-2H3. The van der Waals surface area contributed by atoms with Crippen LogP contribution in [0.4, 0.5) is 0 Å². The van der Waals surface area contributed by atoms with Crippen LogP contribution in [-0.4, -0.2) is 43.4 Å². The van der Waals surface area contributed by atoms with E-state index in [4.69, 9.17) is 21.2 Å². The van der Waals surface area contributed by atoms with Gasteiger partial charge in [-0.05, 0) is 33.1 Å². The van der Waals surface area contributed by atoms with Crippen molar-refractivity contribution in [2.45, 2.75) is 51.7 Å². The molecule has 1 unspecified atom stereocenters. The van der Waals surface area contributed by atoms with Crippen molar-refractivity contribution in [1.29, 1.82) is 5.26 Å². The second-order valence-corrected chi connectivity index (χ2v) is 7.33. The van der Waals surface area contributed by atoms with Gasteiger partial charge in [-0.15, -0.1) is 0 Å². The SMILES string of the molecule is CCOC(=O)C1(C)CC(c2c(C#N)cnn2-c2nn3c(c2Cl)CCCC3)=NO1. The van der Waals surface area contributed by atoms with E-state index in [1.165, 1.54) is 10.9 Å². The van der Waals surface area contributed by atoms with Crippen molar-refractivity contribution in [2.24, 2.45) is 5.16 Å². The molecule has 0 spiro atoms. The molecule has 0 saturated carbocycles. The fraction of sp³-hybridized carbons (Fsp3) is 0.500. The Morgan fingerprint density at radius 2 is 2.32 bits per heavy atom. The number of oxime groups is 1. The minimum absolute atomic E-state index is 0.150. The summed E-state index contributed by atoms with van der Waals surface area (Å²) in [7, 11) is 0. The van der Waals surface area contributed by atoms with E-state index in [2.05, 4.69) is 21.4 Å². The topological polar surface area (TPSA) is 107 Å². The van der Waals surface area contributed by atoms with E-state index in [0.717, 1.165) is 31.5 Å². The number of esters is 1. The maximum atomic E-state index is 12.2. The molecule has 2 aromatic rings. The number of hydrogen-bond acceptors (Lipinski definition) is 7. The van der Waals surface area contributed by atoms with Gasteiger partial charge in [-0.1, -0.05) is 16.8 Å². The monoisotopic (exact) mass is 402 g/mol. The second-order valence-electron chi connectivity index (χ2n) is 6.95. The van der Waals surface area contributed by atoms with E-state index in [9.17, 15) is 10.1 Å². The van der Waals surface area contributed by atoms with Gasteiger partial charge >= 0.3 is 5.97 Å². The molecule has 0 aromatic carbocycles. The molecule has 0 aliphatic carbocycles. The van der Waals surface area contributed by atoms with Crippen molar-refractivity contribution in [3.63, 3.8) is 0 Å². The number of aryl methyl sites for hydroxylation is 1. The summed E-state index contributed by atoms with van der Waals surface area (Å²) in [6.45, 7) is 4.37. The number of fused-ring (bicyclic) bond motifs is 1. The third-order valence-corrected chi connectivity index (χ3v) is 5.33. The molecule has 0 bridgehead atoms. The minimum atomic E-state index is -1.25. The average Bonchev–Trinajstić information content (AvgIpc) is 3.38. The molecule has 0 saturated heterocycles. The largest absolute Gasteiger partial charge is 0.463 e. The number of aromatic nitrogens is 4. The van der Waals surface area contributed by atoms with Crippen LogP contribution in [0.3, 0.4) is 0 Å². The Kier molecular flexibility index (Phi) is 4.59. The summed E-state index contributed by atoms with van der Waals surface area (Å²) < 4.78 is 8.47. The fourth-order valence-corrected chi connectivity index (χ4v) is 3.81. The molecule has 4 heterocycles. The van der Waals surface area contributed by atoms with Gasteiger partial charge in [0, 0.05) is 13.0 Å². The van der Waals surface area contributed by atoms with Gasteiger partial charge in [0.05, 0.1) is 24.1 Å². The van der Waals surface area contributed by atoms with Crippen LogP contribution in [0.1, 0.15) is 50.1 Å². The van der Waals surface area contributed by atoms with E-state index in [-0.39, 0.29) is 13.0 Å². The van der Waals surface area contributed by atoms with Gasteiger partial charge < -0.3 is 9.57 Å². The highest BCUT2D eigenvalue weighted by Crippen LogP contribution is 2.33. The normalized spacial score (nSPS) is 20.9. The lowest BCUT2D eigenvalue weighted by atomic mass is 9.97. The van der Waals surface area contributed by atoms with Gasteiger partial charge in [-0.2, -0.15) is 15.5 Å². The molecule has 0 amide bonds. The van der Waals surface area contributed by atoms with E-state index in [1.807, 2.05) is 4.68 Å². The van der Waals surface area contributed by atoms with Gasteiger partial charge in [0.25, 0.3) is 0 Å². The minimum Gasteiger partial charge on any atom is -0.463 e. The van der Waals surface area contributed by atoms with E-state index in [1.54, 1.807) is 13.8 Å².